The van der Waals surface area contributed by atoms with Gasteiger partial charge in [0.05, 0.1) is 18.8 Å². The minimum Gasteiger partial charge on any atom is -0.483 e. The molecule has 0 spiro atoms. The number of morpholine rings is 1. The summed E-state index contributed by atoms with van der Waals surface area (Å²) in [6.45, 7) is 7.39. The van der Waals surface area contributed by atoms with Crippen molar-refractivity contribution in [3.05, 3.63) is 29.8 Å². The Kier molecular flexibility index (Phi) is 8.39. The van der Waals surface area contributed by atoms with Crippen LogP contribution in [-0.4, -0.2) is 104 Å². The topological polar surface area (TPSA) is 91.4 Å². The maximum absolute atomic E-state index is 13.1. The first-order valence-electron chi connectivity index (χ1n) is 12.4. The SMILES string of the molecule is CC(=O)N1CCC(N(C(=O)COc2ccccc2C(=O)NCCN2CCOCC2)C2CC2)CC1. The third-order valence-electron chi connectivity index (χ3n) is 6.83. The number of hydrogen-bond acceptors (Lipinski definition) is 6. The summed E-state index contributed by atoms with van der Waals surface area (Å²) >= 11 is 0. The van der Waals surface area contributed by atoms with Crippen molar-refractivity contribution >= 4 is 17.7 Å². The molecule has 0 bridgehead atoms. The molecule has 2 saturated heterocycles. The van der Waals surface area contributed by atoms with Crippen LogP contribution in [0.15, 0.2) is 24.3 Å². The first kappa shape index (κ1) is 24.5. The fourth-order valence-electron chi connectivity index (χ4n) is 4.76. The fraction of sp³-hybridized carbons (Fsp3) is 0.640. The van der Waals surface area contributed by atoms with Crippen molar-refractivity contribution in [3.8, 4) is 5.75 Å². The summed E-state index contributed by atoms with van der Waals surface area (Å²) in [5.41, 5.74) is 0.435. The van der Waals surface area contributed by atoms with E-state index in [1.54, 1.807) is 31.2 Å². The summed E-state index contributed by atoms with van der Waals surface area (Å²) < 4.78 is 11.2. The summed E-state index contributed by atoms with van der Waals surface area (Å²) in [7, 11) is 0. The predicted molar refractivity (Wildman–Crippen MR) is 127 cm³/mol. The van der Waals surface area contributed by atoms with Gasteiger partial charge in [-0.25, -0.2) is 0 Å². The van der Waals surface area contributed by atoms with E-state index in [9.17, 15) is 14.4 Å². The van der Waals surface area contributed by atoms with Crippen LogP contribution in [0.4, 0.5) is 0 Å². The number of rotatable bonds is 9. The van der Waals surface area contributed by atoms with Crippen molar-refractivity contribution in [3.63, 3.8) is 0 Å². The van der Waals surface area contributed by atoms with Crippen LogP contribution >= 0.6 is 0 Å². The molecule has 1 aromatic rings. The molecule has 3 aliphatic rings. The molecule has 1 saturated carbocycles. The fourth-order valence-corrected chi connectivity index (χ4v) is 4.76. The van der Waals surface area contributed by atoms with Crippen molar-refractivity contribution in [2.45, 2.75) is 44.7 Å². The van der Waals surface area contributed by atoms with E-state index in [0.717, 1.165) is 58.5 Å². The number of para-hydroxylation sites is 1. The molecule has 2 aliphatic heterocycles. The Hall–Kier alpha value is -2.65. The smallest absolute Gasteiger partial charge is 0.261 e. The van der Waals surface area contributed by atoms with Gasteiger partial charge in [0.25, 0.3) is 11.8 Å². The number of nitrogens with zero attached hydrogens (tertiary/aromatic N) is 3. The molecular formula is C25H36N4O5. The minimum absolute atomic E-state index is 0.0497. The van der Waals surface area contributed by atoms with E-state index in [2.05, 4.69) is 10.2 Å². The van der Waals surface area contributed by atoms with Gasteiger partial charge in [-0.05, 0) is 37.8 Å². The highest BCUT2D eigenvalue weighted by Gasteiger charge is 2.39. The first-order chi connectivity index (χ1) is 16.5. The number of carbonyl (C=O) groups excluding carboxylic acids is 3. The number of hydrogen-bond donors (Lipinski definition) is 1. The van der Waals surface area contributed by atoms with Crippen LogP contribution < -0.4 is 10.1 Å². The molecule has 1 aliphatic carbocycles. The Morgan fingerprint density at radius 3 is 2.38 bits per heavy atom. The number of amides is 3. The summed E-state index contributed by atoms with van der Waals surface area (Å²) in [5.74, 6) is 0.256. The first-order valence-corrected chi connectivity index (χ1v) is 12.4. The number of nitrogens with one attached hydrogen (secondary N) is 1. The van der Waals surface area contributed by atoms with E-state index in [1.165, 1.54) is 0 Å². The summed E-state index contributed by atoms with van der Waals surface area (Å²) in [6.07, 6.45) is 3.62. The largest absolute Gasteiger partial charge is 0.483 e. The van der Waals surface area contributed by atoms with Crippen LogP contribution in [0.2, 0.25) is 0 Å². The normalized spacial score (nSPS) is 19.5. The Bertz CT molecular complexity index is 861. The van der Waals surface area contributed by atoms with Gasteiger partial charge in [0, 0.05) is 58.3 Å². The molecule has 4 rings (SSSR count). The van der Waals surface area contributed by atoms with E-state index in [1.807, 2.05) is 9.80 Å². The average molecular weight is 473 g/mol. The van der Waals surface area contributed by atoms with Gasteiger partial charge in [0.1, 0.15) is 5.75 Å². The average Bonchev–Trinajstić information content (AvgIpc) is 3.69. The number of ether oxygens (including phenoxy) is 2. The number of piperidine rings is 1. The Balaban J connectivity index is 1.29. The molecule has 0 atom stereocenters. The predicted octanol–water partition coefficient (Wildman–Crippen LogP) is 1.13. The van der Waals surface area contributed by atoms with Crippen LogP contribution in [-0.2, 0) is 14.3 Å². The molecular weight excluding hydrogens is 436 g/mol. The zero-order valence-electron chi connectivity index (χ0n) is 20.0. The van der Waals surface area contributed by atoms with Crippen LogP contribution in [0.25, 0.3) is 0 Å². The lowest BCUT2D eigenvalue weighted by Crippen LogP contribution is -2.50. The second-order valence-corrected chi connectivity index (χ2v) is 9.26. The quantitative estimate of drug-likeness (QED) is 0.579. The molecule has 0 radical (unpaired) electrons. The summed E-state index contributed by atoms with van der Waals surface area (Å²) in [6, 6.07) is 7.46. The Labute approximate surface area is 201 Å². The Morgan fingerprint density at radius 2 is 1.71 bits per heavy atom. The van der Waals surface area contributed by atoms with Gasteiger partial charge in [-0.2, -0.15) is 0 Å². The Morgan fingerprint density at radius 1 is 1.03 bits per heavy atom. The van der Waals surface area contributed by atoms with Crippen LogP contribution in [0.5, 0.6) is 5.75 Å². The van der Waals surface area contributed by atoms with E-state index in [0.29, 0.717) is 30.9 Å². The molecule has 3 amide bonds. The standard InChI is InChI=1S/C25H36N4O5/c1-19(30)28-11-8-21(9-12-28)29(20-6-7-20)24(31)18-34-23-5-3-2-4-22(23)25(32)26-10-13-27-14-16-33-17-15-27/h2-5,20-21H,6-18H2,1H3,(H,26,32). The van der Waals surface area contributed by atoms with Crippen molar-refractivity contribution < 1.29 is 23.9 Å². The molecule has 2 heterocycles. The molecule has 34 heavy (non-hydrogen) atoms. The number of benzene rings is 1. The van der Waals surface area contributed by atoms with Crippen LogP contribution in [0.1, 0.15) is 43.0 Å². The zero-order chi connectivity index (χ0) is 23.9. The van der Waals surface area contributed by atoms with Crippen LogP contribution in [0, 0.1) is 0 Å². The van der Waals surface area contributed by atoms with Gasteiger partial charge in [0.15, 0.2) is 6.61 Å². The molecule has 9 nitrogen and oxygen atoms in total. The number of likely N-dealkylation sites (tertiary alicyclic amines) is 1. The van der Waals surface area contributed by atoms with Gasteiger partial charge in [-0.1, -0.05) is 12.1 Å². The second-order valence-electron chi connectivity index (χ2n) is 9.26. The highest BCUT2D eigenvalue weighted by atomic mass is 16.5. The third kappa shape index (κ3) is 6.48. The van der Waals surface area contributed by atoms with Gasteiger partial charge in [-0.3, -0.25) is 19.3 Å². The third-order valence-corrected chi connectivity index (χ3v) is 6.83. The monoisotopic (exact) mass is 472 g/mol. The summed E-state index contributed by atoms with van der Waals surface area (Å²) in [4.78, 5) is 43.6. The molecule has 1 N–H and O–H groups in total. The van der Waals surface area contributed by atoms with Crippen molar-refractivity contribution in [2.75, 3.05) is 59.1 Å². The maximum atomic E-state index is 13.1. The molecule has 1 aromatic carbocycles. The van der Waals surface area contributed by atoms with Gasteiger partial charge in [-0.15, -0.1) is 0 Å². The van der Waals surface area contributed by atoms with E-state index < -0.39 is 0 Å². The second kappa shape index (κ2) is 11.7. The lowest BCUT2D eigenvalue weighted by atomic mass is 10.0. The molecule has 186 valence electrons. The zero-order valence-corrected chi connectivity index (χ0v) is 20.0. The molecule has 0 unspecified atom stereocenters. The maximum Gasteiger partial charge on any atom is 0.261 e. The van der Waals surface area contributed by atoms with E-state index in [4.69, 9.17) is 9.47 Å². The van der Waals surface area contributed by atoms with Crippen molar-refractivity contribution in [1.29, 1.82) is 0 Å². The van der Waals surface area contributed by atoms with Crippen molar-refractivity contribution in [1.82, 2.24) is 20.0 Å². The number of carbonyl (C=O) groups is 3. The van der Waals surface area contributed by atoms with Gasteiger partial charge >= 0.3 is 0 Å². The highest BCUT2D eigenvalue weighted by molar-refractivity contribution is 5.97. The van der Waals surface area contributed by atoms with Gasteiger partial charge in [0.2, 0.25) is 5.91 Å². The lowest BCUT2D eigenvalue weighted by molar-refractivity contribution is -0.138. The van der Waals surface area contributed by atoms with Crippen molar-refractivity contribution in [2.24, 2.45) is 0 Å². The summed E-state index contributed by atoms with van der Waals surface area (Å²) in [5, 5.41) is 2.96. The van der Waals surface area contributed by atoms with Gasteiger partial charge < -0.3 is 24.6 Å². The van der Waals surface area contributed by atoms with E-state index in [-0.39, 0.29) is 36.4 Å². The molecule has 0 aromatic heterocycles. The van der Waals surface area contributed by atoms with E-state index >= 15 is 0 Å². The minimum atomic E-state index is -0.202. The van der Waals surface area contributed by atoms with Crippen LogP contribution in [0.3, 0.4) is 0 Å². The lowest BCUT2D eigenvalue weighted by Gasteiger charge is -2.38. The molecule has 9 heteroatoms. The highest BCUT2D eigenvalue weighted by Crippen LogP contribution is 2.32. The molecule has 3 fully saturated rings.